The first kappa shape index (κ1) is 27.9. The molecule has 7 nitrogen and oxygen atoms in total. The van der Waals surface area contributed by atoms with Gasteiger partial charge in [-0.25, -0.2) is 9.97 Å². The van der Waals surface area contributed by atoms with Gasteiger partial charge in [0.1, 0.15) is 16.7 Å². The highest BCUT2D eigenvalue weighted by molar-refractivity contribution is 9.10. The number of amides is 1. The van der Waals surface area contributed by atoms with Gasteiger partial charge in [-0.3, -0.25) is 14.5 Å². The molecule has 2 aliphatic rings. The van der Waals surface area contributed by atoms with Crippen molar-refractivity contribution in [3.63, 3.8) is 0 Å². The molecule has 0 aromatic carbocycles. The third kappa shape index (κ3) is 6.09. The molecule has 0 aliphatic carbocycles. The van der Waals surface area contributed by atoms with Gasteiger partial charge in [-0.1, -0.05) is 49.7 Å². The largest absolute Gasteiger partial charge is 0.362 e. The molecule has 1 saturated heterocycles. The van der Waals surface area contributed by atoms with E-state index < -0.39 is 0 Å². The maximum Gasteiger partial charge on any atom is 0.265 e. The van der Waals surface area contributed by atoms with E-state index in [-0.39, 0.29) is 22.9 Å². The van der Waals surface area contributed by atoms with Crippen molar-refractivity contribution in [3.8, 4) is 0 Å². The summed E-state index contributed by atoms with van der Waals surface area (Å²) >= 11 is 4.84. The van der Waals surface area contributed by atoms with Crippen molar-refractivity contribution in [3.05, 3.63) is 70.1 Å². The zero-order valence-electron chi connectivity index (χ0n) is 23.5. The second kappa shape index (κ2) is 10.7. The number of halogens is 1. The van der Waals surface area contributed by atoms with E-state index >= 15 is 0 Å². The lowest BCUT2D eigenvalue weighted by Gasteiger charge is -2.34. The lowest BCUT2D eigenvalue weighted by Crippen LogP contribution is -2.40. The lowest BCUT2D eigenvalue weighted by molar-refractivity contribution is 0.0984. The van der Waals surface area contributed by atoms with Crippen molar-refractivity contribution in [1.29, 1.82) is 0 Å². The number of aromatic nitrogens is 3. The smallest absolute Gasteiger partial charge is 0.265 e. The first-order valence-corrected chi connectivity index (χ1v) is 15.1. The summed E-state index contributed by atoms with van der Waals surface area (Å²) in [5, 5.41) is 4.36. The molecule has 0 saturated carbocycles. The summed E-state index contributed by atoms with van der Waals surface area (Å²) in [7, 11) is 0. The summed E-state index contributed by atoms with van der Waals surface area (Å²) in [5.41, 5.74) is 2.27. The molecule has 1 fully saturated rings. The summed E-state index contributed by atoms with van der Waals surface area (Å²) in [5.74, 6) is 2.17. The molecule has 5 heterocycles. The molecule has 4 bridgehead atoms. The second-order valence-electron chi connectivity index (χ2n) is 12.4. The zero-order chi connectivity index (χ0) is 27.9. The predicted octanol–water partition coefficient (Wildman–Crippen LogP) is 7.17. The Labute approximate surface area is 244 Å². The highest BCUT2D eigenvalue weighted by Crippen LogP contribution is 2.43. The quantitative estimate of drug-likeness (QED) is 0.283. The van der Waals surface area contributed by atoms with Crippen LogP contribution in [0.2, 0.25) is 0 Å². The van der Waals surface area contributed by atoms with Gasteiger partial charge in [-0.05, 0) is 74.9 Å². The van der Waals surface area contributed by atoms with Crippen LogP contribution in [0.4, 0.5) is 11.6 Å². The Kier molecular flexibility index (Phi) is 7.68. The molecule has 2 aliphatic heterocycles. The molecule has 9 heteroatoms. The highest BCUT2D eigenvalue weighted by Gasteiger charge is 2.43. The fourth-order valence-electron chi connectivity index (χ4n) is 5.62. The van der Waals surface area contributed by atoms with Crippen LogP contribution in [0.5, 0.6) is 0 Å². The van der Waals surface area contributed by atoms with Crippen LogP contribution in [0.3, 0.4) is 0 Å². The molecular formula is C30H37BrN6OS. The third-order valence-corrected chi connectivity index (χ3v) is 9.08. The van der Waals surface area contributed by atoms with Gasteiger partial charge >= 0.3 is 0 Å². The van der Waals surface area contributed by atoms with E-state index in [0.717, 1.165) is 46.9 Å². The van der Waals surface area contributed by atoms with Crippen molar-refractivity contribution in [2.24, 2.45) is 11.8 Å². The van der Waals surface area contributed by atoms with Gasteiger partial charge in [0.25, 0.3) is 5.91 Å². The summed E-state index contributed by atoms with van der Waals surface area (Å²) < 4.78 is 4.03. The van der Waals surface area contributed by atoms with Gasteiger partial charge in [0.2, 0.25) is 0 Å². The molecule has 0 radical (unpaired) electrons. The average Bonchev–Trinajstić information content (AvgIpc) is 3.20. The van der Waals surface area contributed by atoms with E-state index in [1.165, 1.54) is 11.9 Å². The van der Waals surface area contributed by atoms with Crippen molar-refractivity contribution in [1.82, 2.24) is 19.7 Å². The van der Waals surface area contributed by atoms with Gasteiger partial charge in [-0.2, -0.15) is 0 Å². The van der Waals surface area contributed by atoms with Gasteiger partial charge < -0.3 is 10.2 Å². The van der Waals surface area contributed by atoms with Crippen molar-refractivity contribution >= 4 is 45.4 Å². The van der Waals surface area contributed by atoms with Crippen LogP contribution in [0, 0.1) is 11.8 Å². The number of fused-ring (bicyclic) bond motifs is 6. The van der Waals surface area contributed by atoms with Crippen LogP contribution >= 0.6 is 27.9 Å². The Hall–Kier alpha value is -2.65. The number of carbonyl (C=O) groups excluding carboxylic acids is 1. The highest BCUT2D eigenvalue weighted by atomic mass is 79.9. The van der Waals surface area contributed by atoms with Crippen LogP contribution in [-0.4, -0.2) is 32.9 Å². The van der Waals surface area contributed by atoms with E-state index in [0.29, 0.717) is 22.4 Å². The summed E-state index contributed by atoms with van der Waals surface area (Å²) in [6.45, 7) is 14.2. The fraction of sp³-hybridized carbons (Fsp3) is 0.467. The van der Waals surface area contributed by atoms with E-state index in [9.17, 15) is 4.79 Å². The maximum atomic E-state index is 13.6. The Morgan fingerprint density at radius 3 is 2.67 bits per heavy atom. The molecule has 2 N–H and O–H groups in total. The average molecular weight is 610 g/mol. The van der Waals surface area contributed by atoms with Gasteiger partial charge in [0, 0.05) is 45.8 Å². The number of carbonyl (C=O) groups is 1. The van der Waals surface area contributed by atoms with Crippen LogP contribution < -0.4 is 14.9 Å². The Balaban J connectivity index is 1.59. The van der Waals surface area contributed by atoms with Crippen molar-refractivity contribution < 1.29 is 4.79 Å². The van der Waals surface area contributed by atoms with Crippen LogP contribution in [0.15, 0.2) is 58.2 Å². The molecule has 39 heavy (non-hydrogen) atoms. The van der Waals surface area contributed by atoms with Gasteiger partial charge in [0.05, 0.1) is 17.3 Å². The maximum absolute atomic E-state index is 13.6. The van der Waals surface area contributed by atoms with Crippen LogP contribution in [0.1, 0.15) is 82.2 Å². The SMILES string of the molecule is C[C@H]1CC(c2cc(Br)ccn2)Nc2cccc(n2)SNC(=O)c2ccc(C(C)(C)C)nc2N2C[C@@H]1CC2(C)C. The Morgan fingerprint density at radius 2 is 1.92 bits per heavy atom. The number of rotatable bonds is 1. The minimum absolute atomic E-state index is 0.0139. The van der Waals surface area contributed by atoms with E-state index in [1.807, 2.05) is 42.6 Å². The Bertz CT molecular complexity index is 1370. The fourth-order valence-corrected chi connectivity index (χ4v) is 6.57. The van der Waals surface area contributed by atoms with E-state index in [1.54, 1.807) is 0 Å². The number of pyridine rings is 3. The minimum Gasteiger partial charge on any atom is -0.362 e. The molecule has 3 atom stereocenters. The monoisotopic (exact) mass is 608 g/mol. The van der Waals surface area contributed by atoms with Gasteiger partial charge in [0.15, 0.2) is 0 Å². The van der Waals surface area contributed by atoms with Crippen LogP contribution in [0.25, 0.3) is 0 Å². The zero-order valence-corrected chi connectivity index (χ0v) is 25.9. The number of nitrogens with zero attached hydrogens (tertiary/aromatic N) is 4. The van der Waals surface area contributed by atoms with Crippen molar-refractivity contribution in [2.75, 3.05) is 16.8 Å². The minimum atomic E-state index is -0.165. The standard InChI is InChI=1S/C30H37BrN6OS/c1-18-14-23(22-15-20(31)12-13-32-22)33-25-8-7-9-26(35-25)39-36-28(38)21-10-11-24(29(2,3)4)34-27(21)37-17-19(18)16-30(37,5)6/h7-13,15,18-19,23H,14,16-17H2,1-6H3,(H,33,35)(H,36,38)/t18-,19-,23?/m0/s1. The number of hydrogen-bond donors (Lipinski definition) is 2. The number of hydrogen-bond acceptors (Lipinski definition) is 7. The first-order valence-electron chi connectivity index (χ1n) is 13.5. The molecule has 1 amide bonds. The normalized spacial score (nSPS) is 23.2. The molecule has 3 aromatic rings. The summed E-state index contributed by atoms with van der Waals surface area (Å²) in [6, 6.07) is 13.8. The molecule has 3 aromatic heterocycles. The second-order valence-corrected chi connectivity index (χ2v) is 14.2. The molecule has 206 valence electrons. The number of nitrogens with one attached hydrogen (secondary N) is 2. The molecule has 0 spiro atoms. The topological polar surface area (TPSA) is 83.0 Å². The predicted molar refractivity (Wildman–Crippen MR) is 162 cm³/mol. The Morgan fingerprint density at radius 1 is 1.13 bits per heavy atom. The molecular weight excluding hydrogens is 572 g/mol. The summed E-state index contributed by atoms with van der Waals surface area (Å²) in [6.07, 6.45) is 3.75. The molecule has 5 rings (SSSR count). The van der Waals surface area contributed by atoms with Gasteiger partial charge in [-0.15, -0.1) is 0 Å². The van der Waals surface area contributed by atoms with E-state index in [2.05, 4.69) is 78.5 Å². The first-order chi connectivity index (χ1) is 18.4. The van der Waals surface area contributed by atoms with Crippen molar-refractivity contribution in [2.45, 2.75) is 76.4 Å². The van der Waals surface area contributed by atoms with E-state index in [4.69, 9.17) is 15.0 Å². The van der Waals surface area contributed by atoms with Crippen LogP contribution in [-0.2, 0) is 5.41 Å². The molecule has 1 unspecified atom stereocenters. The lowest BCUT2D eigenvalue weighted by atomic mass is 9.83. The third-order valence-electron chi connectivity index (χ3n) is 7.86. The summed E-state index contributed by atoms with van der Waals surface area (Å²) in [4.78, 5) is 30.6. The number of anilines is 2.